The second-order valence-electron chi connectivity index (χ2n) is 6.91. The zero-order valence-corrected chi connectivity index (χ0v) is 19.6. The van der Waals surface area contributed by atoms with E-state index in [1.165, 1.54) is 12.1 Å². The lowest BCUT2D eigenvalue weighted by Gasteiger charge is -2.25. The molecular weight excluding hydrogens is 528 g/mol. The van der Waals surface area contributed by atoms with E-state index in [0.29, 0.717) is 31.5 Å². The van der Waals surface area contributed by atoms with Crippen LogP contribution in [0.2, 0.25) is 0 Å². The van der Waals surface area contributed by atoms with Gasteiger partial charge in [0.05, 0.1) is 6.54 Å². The fourth-order valence-electron chi connectivity index (χ4n) is 3.11. The number of hydrogen-bond acceptors (Lipinski definition) is 5. The van der Waals surface area contributed by atoms with Crippen LogP contribution in [0.1, 0.15) is 23.6 Å². The van der Waals surface area contributed by atoms with Crippen LogP contribution in [0, 0.1) is 0 Å². The van der Waals surface area contributed by atoms with Gasteiger partial charge in [-0.05, 0) is 24.1 Å². The van der Waals surface area contributed by atoms with Gasteiger partial charge in [0, 0.05) is 33.2 Å². The van der Waals surface area contributed by atoms with Gasteiger partial charge < -0.3 is 20.1 Å². The lowest BCUT2D eigenvalue weighted by Crippen LogP contribution is -2.46. The SMILES string of the molecule is CN=C(NCc1ccc(OCC(F)(F)F)cc1)NC1CCc2nc(COC)nn2C1.I. The van der Waals surface area contributed by atoms with E-state index in [9.17, 15) is 13.2 Å². The van der Waals surface area contributed by atoms with Gasteiger partial charge in [0.2, 0.25) is 0 Å². The molecule has 172 valence electrons. The number of guanidine groups is 1. The van der Waals surface area contributed by atoms with Crippen molar-refractivity contribution in [3.05, 3.63) is 41.5 Å². The summed E-state index contributed by atoms with van der Waals surface area (Å²) in [6, 6.07) is 6.62. The number of rotatable bonds is 7. The Kier molecular flexibility index (Phi) is 9.34. The second kappa shape index (κ2) is 11.5. The first-order valence-corrected chi connectivity index (χ1v) is 9.53. The van der Waals surface area contributed by atoms with Crippen molar-refractivity contribution in [3.63, 3.8) is 0 Å². The Labute approximate surface area is 195 Å². The van der Waals surface area contributed by atoms with Crippen LogP contribution in [0.15, 0.2) is 29.3 Å². The topological polar surface area (TPSA) is 85.6 Å². The van der Waals surface area contributed by atoms with Crippen LogP contribution in [0.4, 0.5) is 13.2 Å². The van der Waals surface area contributed by atoms with Crippen LogP contribution in [0.5, 0.6) is 5.75 Å². The van der Waals surface area contributed by atoms with Gasteiger partial charge in [0.15, 0.2) is 18.4 Å². The third-order valence-electron chi connectivity index (χ3n) is 4.53. The van der Waals surface area contributed by atoms with Crippen LogP contribution in [0.3, 0.4) is 0 Å². The molecule has 1 atom stereocenters. The third-order valence-corrected chi connectivity index (χ3v) is 4.53. The molecule has 2 aromatic rings. The minimum Gasteiger partial charge on any atom is -0.484 e. The summed E-state index contributed by atoms with van der Waals surface area (Å²) in [5.41, 5.74) is 0.892. The Bertz CT molecular complexity index is 857. The van der Waals surface area contributed by atoms with Crippen molar-refractivity contribution in [3.8, 4) is 5.75 Å². The molecule has 3 rings (SSSR count). The monoisotopic (exact) mass is 554 g/mol. The Morgan fingerprint density at radius 2 is 2.03 bits per heavy atom. The highest BCUT2D eigenvalue weighted by Gasteiger charge is 2.28. The van der Waals surface area contributed by atoms with E-state index in [1.807, 2.05) is 4.68 Å². The summed E-state index contributed by atoms with van der Waals surface area (Å²) in [6.07, 6.45) is -2.64. The number of hydrogen-bond donors (Lipinski definition) is 2. The van der Waals surface area contributed by atoms with Gasteiger partial charge in [0.25, 0.3) is 0 Å². The maximum atomic E-state index is 12.2. The van der Waals surface area contributed by atoms with Crippen LogP contribution >= 0.6 is 24.0 Å². The maximum Gasteiger partial charge on any atom is 0.422 e. The summed E-state index contributed by atoms with van der Waals surface area (Å²) in [7, 11) is 3.30. The van der Waals surface area contributed by atoms with E-state index in [4.69, 9.17) is 9.47 Å². The summed E-state index contributed by atoms with van der Waals surface area (Å²) in [5.74, 6) is 2.45. The summed E-state index contributed by atoms with van der Waals surface area (Å²) < 4.78 is 48.3. The molecular formula is C19H26F3IN6O2. The molecule has 1 aromatic heterocycles. The average Bonchev–Trinajstić information content (AvgIpc) is 3.11. The highest BCUT2D eigenvalue weighted by atomic mass is 127. The molecule has 0 aliphatic carbocycles. The van der Waals surface area contributed by atoms with E-state index in [2.05, 4.69) is 25.7 Å². The number of halogens is 4. The predicted octanol–water partition coefficient (Wildman–Crippen LogP) is 2.66. The van der Waals surface area contributed by atoms with Crippen molar-refractivity contribution in [1.82, 2.24) is 25.4 Å². The van der Waals surface area contributed by atoms with Gasteiger partial charge in [-0.3, -0.25) is 4.99 Å². The minimum absolute atomic E-state index is 0. The molecule has 0 radical (unpaired) electrons. The number of nitrogens with one attached hydrogen (secondary N) is 2. The Morgan fingerprint density at radius 3 is 2.68 bits per heavy atom. The van der Waals surface area contributed by atoms with Crippen LogP contribution in [0.25, 0.3) is 0 Å². The van der Waals surface area contributed by atoms with Crippen molar-refractivity contribution >= 4 is 29.9 Å². The minimum atomic E-state index is -4.35. The maximum absolute atomic E-state index is 12.2. The number of alkyl halides is 3. The van der Waals surface area contributed by atoms with Crippen molar-refractivity contribution in [2.75, 3.05) is 20.8 Å². The number of aliphatic imine (C=N–C) groups is 1. The Morgan fingerprint density at radius 1 is 1.29 bits per heavy atom. The van der Waals surface area contributed by atoms with E-state index >= 15 is 0 Å². The standard InChI is InChI=1S/C19H25F3N6O2.HI/c1-23-18(24-9-13-3-6-15(7-4-13)30-12-19(20,21)22)25-14-5-8-17-26-16(11-29-2)27-28(17)10-14;/h3-4,6-7,14H,5,8-12H2,1-2H3,(H2,23,24,25);1H. The van der Waals surface area contributed by atoms with Crippen molar-refractivity contribution in [2.45, 2.75) is 44.8 Å². The molecule has 12 heteroatoms. The number of ether oxygens (including phenoxy) is 2. The zero-order chi connectivity index (χ0) is 21.6. The Hall–Kier alpha value is -2.09. The molecule has 8 nitrogen and oxygen atoms in total. The fourth-order valence-corrected chi connectivity index (χ4v) is 3.11. The number of aryl methyl sites for hydroxylation is 1. The van der Waals surface area contributed by atoms with Gasteiger partial charge in [-0.15, -0.1) is 24.0 Å². The first-order valence-electron chi connectivity index (χ1n) is 9.53. The van der Waals surface area contributed by atoms with Gasteiger partial charge >= 0.3 is 6.18 Å². The van der Waals surface area contributed by atoms with Gasteiger partial charge in [-0.1, -0.05) is 12.1 Å². The highest BCUT2D eigenvalue weighted by Crippen LogP contribution is 2.19. The quantitative estimate of drug-likeness (QED) is 0.311. The summed E-state index contributed by atoms with van der Waals surface area (Å²) >= 11 is 0. The van der Waals surface area contributed by atoms with Crippen LogP contribution in [-0.2, 0) is 30.9 Å². The number of aromatic nitrogens is 3. The second-order valence-corrected chi connectivity index (χ2v) is 6.91. The van der Waals surface area contributed by atoms with E-state index < -0.39 is 12.8 Å². The normalized spacial score (nSPS) is 16.3. The van der Waals surface area contributed by atoms with Gasteiger partial charge in [-0.25, -0.2) is 9.67 Å². The zero-order valence-electron chi connectivity index (χ0n) is 17.3. The van der Waals surface area contributed by atoms with Crippen LogP contribution < -0.4 is 15.4 Å². The van der Waals surface area contributed by atoms with Gasteiger partial charge in [0.1, 0.15) is 18.2 Å². The molecule has 1 aliphatic heterocycles. The molecule has 1 aromatic carbocycles. The molecule has 31 heavy (non-hydrogen) atoms. The molecule has 0 fully saturated rings. The first kappa shape index (κ1) is 25.2. The predicted molar refractivity (Wildman–Crippen MR) is 120 cm³/mol. The van der Waals surface area contributed by atoms with E-state index in [-0.39, 0.29) is 35.8 Å². The number of benzene rings is 1. The summed E-state index contributed by atoms with van der Waals surface area (Å²) in [6.45, 7) is 0.237. The molecule has 0 amide bonds. The molecule has 1 unspecified atom stereocenters. The fraction of sp³-hybridized carbons (Fsp3) is 0.526. The number of methoxy groups -OCH3 is 1. The lowest BCUT2D eigenvalue weighted by atomic mass is 10.1. The molecule has 0 bridgehead atoms. The third kappa shape index (κ3) is 7.83. The van der Waals surface area contributed by atoms with Crippen molar-refractivity contribution < 1.29 is 22.6 Å². The van der Waals surface area contributed by atoms with E-state index in [0.717, 1.165) is 24.2 Å². The van der Waals surface area contributed by atoms with Gasteiger partial charge in [-0.2, -0.15) is 18.3 Å². The lowest BCUT2D eigenvalue weighted by molar-refractivity contribution is -0.153. The smallest absolute Gasteiger partial charge is 0.422 e. The molecule has 0 spiro atoms. The number of nitrogens with zero attached hydrogens (tertiary/aromatic N) is 4. The molecule has 1 aliphatic rings. The number of fused-ring (bicyclic) bond motifs is 1. The average molecular weight is 554 g/mol. The highest BCUT2D eigenvalue weighted by molar-refractivity contribution is 14.0. The molecule has 2 N–H and O–H groups in total. The molecule has 0 saturated carbocycles. The van der Waals surface area contributed by atoms with Crippen molar-refractivity contribution in [2.24, 2.45) is 4.99 Å². The molecule has 2 heterocycles. The summed E-state index contributed by atoms with van der Waals surface area (Å²) in [4.78, 5) is 8.71. The molecule has 0 saturated heterocycles. The van der Waals surface area contributed by atoms with E-state index in [1.54, 1.807) is 26.3 Å². The summed E-state index contributed by atoms with van der Waals surface area (Å²) in [5, 5.41) is 11.0. The first-order chi connectivity index (χ1) is 14.4. The largest absolute Gasteiger partial charge is 0.484 e. The van der Waals surface area contributed by atoms with Crippen LogP contribution in [-0.4, -0.2) is 53.7 Å². The Balaban J connectivity index is 0.00000341. The van der Waals surface area contributed by atoms with Crippen molar-refractivity contribution in [1.29, 1.82) is 0 Å².